The Bertz CT molecular complexity index is 716. The smallest absolute Gasteiger partial charge is 0.179 e. The monoisotopic (exact) mass is 363 g/mol. The number of nitrogens with two attached hydrogens (primary N) is 1. The number of carbonyl (C=O) groups is 1. The average molecular weight is 364 g/mol. The quantitative estimate of drug-likeness (QED) is 0.736. The molecule has 0 aliphatic rings. The van der Waals surface area contributed by atoms with E-state index in [1.54, 1.807) is 24.3 Å². The molecule has 0 saturated heterocycles. The summed E-state index contributed by atoms with van der Waals surface area (Å²) < 4.78 is 11.2. The van der Waals surface area contributed by atoms with Gasteiger partial charge in [0.25, 0.3) is 0 Å². The lowest BCUT2D eigenvalue weighted by Gasteiger charge is -2.14. The van der Waals surface area contributed by atoms with Crippen LogP contribution in [0.5, 0.6) is 11.5 Å². The first-order valence-corrected chi connectivity index (χ1v) is 8.62. The van der Waals surface area contributed by atoms with Crippen LogP contribution < -0.4 is 19.9 Å². The molecule has 0 unspecified atom stereocenters. The minimum atomic E-state index is -1.16. The number of halogens is 1. The zero-order valence-corrected chi connectivity index (χ0v) is 15.1. The second kappa shape index (κ2) is 9.30. The highest BCUT2D eigenvalue weighted by Crippen LogP contribution is 2.36. The summed E-state index contributed by atoms with van der Waals surface area (Å²) in [5.74, 6) is 0.0641. The van der Waals surface area contributed by atoms with Crippen molar-refractivity contribution in [1.29, 1.82) is 0 Å². The third kappa shape index (κ3) is 5.37. The molecule has 0 fully saturated rings. The number of carbonyl (C=O) groups excluding carboxylic acids is 1. The van der Waals surface area contributed by atoms with Crippen molar-refractivity contribution in [2.45, 2.75) is 26.9 Å². The van der Waals surface area contributed by atoms with Crippen LogP contribution in [-0.2, 0) is 13.1 Å². The molecule has 25 heavy (non-hydrogen) atoms. The molecule has 0 spiro atoms. The van der Waals surface area contributed by atoms with Crippen LogP contribution in [0, 0.1) is 0 Å². The summed E-state index contributed by atoms with van der Waals surface area (Å²) in [6.07, 6.45) is 0. The lowest BCUT2D eigenvalue weighted by atomic mass is 10.1. The van der Waals surface area contributed by atoms with Crippen molar-refractivity contribution in [2.24, 2.45) is 0 Å². The van der Waals surface area contributed by atoms with E-state index < -0.39 is 5.97 Å². The van der Waals surface area contributed by atoms with Crippen molar-refractivity contribution in [1.82, 2.24) is 0 Å². The third-order valence-corrected chi connectivity index (χ3v) is 3.89. The van der Waals surface area contributed by atoms with E-state index in [2.05, 4.69) is 5.32 Å². The van der Waals surface area contributed by atoms with Gasteiger partial charge < -0.3 is 24.7 Å². The highest BCUT2D eigenvalue weighted by molar-refractivity contribution is 6.32. The van der Waals surface area contributed by atoms with Gasteiger partial charge in [-0.2, -0.15) is 0 Å². The highest BCUT2D eigenvalue weighted by atomic mass is 35.5. The standard InChI is InChI=1S/C19H22ClNO4/c1-3-24-17-10-14(9-16(20)18(17)25-4-2)12-21-11-13-5-7-15(8-6-13)19(22)23/h5-10,21H,3-4,11-12H2,1-2H3,(H,22,23). The Morgan fingerprint density at radius 2 is 1.68 bits per heavy atom. The molecule has 2 aromatic rings. The van der Waals surface area contributed by atoms with Gasteiger partial charge in [-0.05, 0) is 31.5 Å². The number of hydrogen-bond acceptors (Lipinski definition) is 4. The maximum Gasteiger partial charge on any atom is 0.179 e. The minimum absolute atomic E-state index is 0.184. The Kier molecular flexibility index (Phi) is 7.10. The van der Waals surface area contributed by atoms with Crippen molar-refractivity contribution in [3.05, 3.63) is 58.1 Å². The molecule has 0 amide bonds. The van der Waals surface area contributed by atoms with Gasteiger partial charge in [-0.3, -0.25) is 0 Å². The Labute approximate surface area is 152 Å². The summed E-state index contributed by atoms with van der Waals surface area (Å²) in [6.45, 7) is 6.32. The van der Waals surface area contributed by atoms with Crippen molar-refractivity contribution < 1.29 is 24.7 Å². The van der Waals surface area contributed by atoms with Gasteiger partial charge in [-0.25, -0.2) is 0 Å². The highest BCUT2D eigenvalue weighted by Gasteiger charge is 2.13. The molecule has 0 aromatic heterocycles. The molecule has 0 radical (unpaired) electrons. The van der Waals surface area contributed by atoms with E-state index in [-0.39, 0.29) is 5.56 Å². The van der Waals surface area contributed by atoms with Gasteiger partial charge >= 0.3 is 0 Å². The number of quaternary nitrogens is 1. The Morgan fingerprint density at radius 3 is 2.28 bits per heavy atom. The topological polar surface area (TPSA) is 75.2 Å². The molecule has 2 rings (SSSR count). The first kappa shape index (κ1) is 19.1. The van der Waals surface area contributed by atoms with Crippen molar-refractivity contribution in [3.8, 4) is 11.5 Å². The Hall–Kier alpha value is -2.24. The summed E-state index contributed by atoms with van der Waals surface area (Å²) in [7, 11) is 0. The van der Waals surface area contributed by atoms with Gasteiger partial charge in [0.15, 0.2) is 11.5 Å². The maximum atomic E-state index is 10.7. The summed E-state index contributed by atoms with van der Waals surface area (Å²) in [6, 6.07) is 10.5. The molecule has 5 nitrogen and oxygen atoms in total. The number of aromatic carboxylic acids is 1. The molecule has 0 bridgehead atoms. The van der Waals surface area contributed by atoms with Crippen LogP contribution in [0.15, 0.2) is 36.4 Å². The molecule has 2 aromatic carbocycles. The number of carboxylic acid groups (broad SMARTS) is 1. The van der Waals surface area contributed by atoms with E-state index in [1.165, 1.54) is 0 Å². The minimum Gasteiger partial charge on any atom is -0.545 e. The van der Waals surface area contributed by atoms with Gasteiger partial charge in [-0.1, -0.05) is 35.9 Å². The molecule has 2 N–H and O–H groups in total. The molecule has 0 atom stereocenters. The van der Waals surface area contributed by atoms with Gasteiger partial charge in [0.1, 0.15) is 13.1 Å². The van der Waals surface area contributed by atoms with Crippen LogP contribution >= 0.6 is 11.6 Å². The van der Waals surface area contributed by atoms with Crippen LogP contribution in [0.25, 0.3) is 0 Å². The molecule has 0 aliphatic heterocycles. The van der Waals surface area contributed by atoms with Crippen molar-refractivity contribution >= 4 is 17.6 Å². The van der Waals surface area contributed by atoms with Gasteiger partial charge in [-0.15, -0.1) is 0 Å². The van der Waals surface area contributed by atoms with E-state index in [0.717, 1.165) is 17.7 Å². The fraction of sp³-hybridized carbons (Fsp3) is 0.316. The second-order valence-corrected chi connectivity index (χ2v) is 5.86. The predicted molar refractivity (Wildman–Crippen MR) is 93.9 cm³/mol. The molecule has 6 heteroatoms. The molecular formula is C19H22ClNO4. The fourth-order valence-corrected chi connectivity index (χ4v) is 2.76. The number of carboxylic acids is 1. The van der Waals surface area contributed by atoms with E-state index in [9.17, 15) is 9.90 Å². The van der Waals surface area contributed by atoms with Crippen molar-refractivity contribution in [2.75, 3.05) is 13.2 Å². The third-order valence-electron chi connectivity index (χ3n) is 3.61. The van der Waals surface area contributed by atoms with Gasteiger partial charge in [0, 0.05) is 11.1 Å². The zero-order chi connectivity index (χ0) is 18.2. The number of benzene rings is 2. The molecule has 0 aliphatic carbocycles. The largest absolute Gasteiger partial charge is 0.545 e. The van der Waals surface area contributed by atoms with E-state index >= 15 is 0 Å². The fourth-order valence-electron chi connectivity index (χ4n) is 2.47. The first-order valence-electron chi connectivity index (χ1n) is 8.25. The van der Waals surface area contributed by atoms with E-state index in [4.69, 9.17) is 21.1 Å². The molecular weight excluding hydrogens is 342 g/mol. The SMILES string of the molecule is CCOc1cc(C[NH2+]Cc2ccc(C(=O)[O-])cc2)cc(Cl)c1OCC. The maximum absolute atomic E-state index is 10.7. The van der Waals surface area contributed by atoms with Crippen LogP contribution in [0.3, 0.4) is 0 Å². The summed E-state index contributed by atoms with van der Waals surface area (Å²) >= 11 is 6.31. The second-order valence-electron chi connectivity index (χ2n) is 5.45. The van der Waals surface area contributed by atoms with Crippen LogP contribution in [0.4, 0.5) is 0 Å². The average Bonchev–Trinajstić information content (AvgIpc) is 2.59. The van der Waals surface area contributed by atoms with E-state index in [1.807, 2.05) is 26.0 Å². The molecule has 0 saturated carbocycles. The molecule has 0 heterocycles. The lowest BCUT2D eigenvalue weighted by molar-refractivity contribution is -0.686. The first-order chi connectivity index (χ1) is 12.0. The van der Waals surface area contributed by atoms with E-state index in [0.29, 0.717) is 36.3 Å². The van der Waals surface area contributed by atoms with Crippen LogP contribution in [-0.4, -0.2) is 19.2 Å². The summed E-state index contributed by atoms with van der Waals surface area (Å²) in [4.78, 5) is 10.7. The number of hydrogen-bond donors (Lipinski definition) is 1. The summed E-state index contributed by atoms with van der Waals surface area (Å²) in [5, 5.41) is 13.4. The lowest BCUT2D eigenvalue weighted by Crippen LogP contribution is -2.80. The number of ether oxygens (including phenoxy) is 2. The molecule has 134 valence electrons. The van der Waals surface area contributed by atoms with Crippen molar-refractivity contribution in [3.63, 3.8) is 0 Å². The zero-order valence-electron chi connectivity index (χ0n) is 14.4. The normalized spacial score (nSPS) is 10.5. The number of rotatable bonds is 9. The van der Waals surface area contributed by atoms with Gasteiger partial charge in [0.05, 0.1) is 24.2 Å². The Morgan fingerprint density at radius 1 is 1.04 bits per heavy atom. The summed E-state index contributed by atoms with van der Waals surface area (Å²) in [5.41, 5.74) is 2.25. The van der Waals surface area contributed by atoms with Crippen LogP contribution in [0.2, 0.25) is 5.02 Å². The Balaban J connectivity index is 2.01. The van der Waals surface area contributed by atoms with Gasteiger partial charge in [0.2, 0.25) is 0 Å². The van der Waals surface area contributed by atoms with Crippen LogP contribution in [0.1, 0.15) is 35.3 Å². The predicted octanol–water partition coefficient (Wildman–Crippen LogP) is 1.76.